The van der Waals surface area contributed by atoms with Gasteiger partial charge in [-0.3, -0.25) is 4.90 Å². The first kappa shape index (κ1) is 13.1. The van der Waals surface area contributed by atoms with Gasteiger partial charge in [0.1, 0.15) is 5.82 Å². The summed E-state index contributed by atoms with van der Waals surface area (Å²) >= 11 is 0. The second kappa shape index (κ2) is 5.61. The summed E-state index contributed by atoms with van der Waals surface area (Å²) in [6, 6.07) is 0. The van der Waals surface area contributed by atoms with Gasteiger partial charge in [-0.1, -0.05) is 6.92 Å². The van der Waals surface area contributed by atoms with Gasteiger partial charge in [0.2, 0.25) is 0 Å². The lowest BCUT2D eigenvalue weighted by molar-refractivity contribution is 0.0920. The number of hydrogen-bond acceptors (Lipinski definition) is 4. The van der Waals surface area contributed by atoms with E-state index in [2.05, 4.69) is 32.0 Å². The van der Waals surface area contributed by atoms with Gasteiger partial charge in [0, 0.05) is 51.7 Å². The summed E-state index contributed by atoms with van der Waals surface area (Å²) in [4.78, 5) is 12.6. The van der Waals surface area contributed by atoms with Crippen LogP contribution in [0.1, 0.15) is 19.2 Å². The number of aromatic amines is 1. The molecule has 0 bridgehead atoms. The Morgan fingerprint density at radius 3 is 2.68 bits per heavy atom. The highest BCUT2D eigenvalue weighted by Crippen LogP contribution is 2.26. The van der Waals surface area contributed by atoms with Crippen LogP contribution in [-0.4, -0.2) is 65.6 Å². The summed E-state index contributed by atoms with van der Waals surface area (Å²) in [6.45, 7) is 11.7. The maximum Gasteiger partial charge on any atom is 0.120 e. The van der Waals surface area contributed by atoms with E-state index in [1.54, 1.807) is 0 Å². The van der Waals surface area contributed by atoms with Crippen LogP contribution in [0.2, 0.25) is 0 Å². The van der Waals surface area contributed by atoms with Gasteiger partial charge in [-0.15, -0.1) is 0 Å². The van der Waals surface area contributed by atoms with Crippen LogP contribution in [-0.2, 0) is 6.54 Å². The van der Waals surface area contributed by atoms with E-state index in [0.29, 0.717) is 5.41 Å². The minimum atomic E-state index is 0.489. The fourth-order valence-electron chi connectivity index (χ4n) is 3.25. The van der Waals surface area contributed by atoms with E-state index >= 15 is 0 Å². The van der Waals surface area contributed by atoms with Crippen molar-refractivity contribution in [2.75, 3.05) is 45.8 Å². The van der Waals surface area contributed by atoms with Crippen LogP contribution in [0, 0.1) is 5.41 Å². The third-order valence-electron chi connectivity index (χ3n) is 4.46. The van der Waals surface area contributed by atoms with Crippen molar-refractivity contribution in [2.24, 2.45) is 5.41 Å². The van der Waals surface area contributed by atoms with Gasteiger partial charge in [-0.25, -0.2) is 4.98 Å². The third kappa shape index (κ3) is 3.35. The second-order valence-electron chi connectivity index (χ2n) is 6.33. The largest absolute Gasteiger partial charge is 0.348 e. The monoisotopic (exact) mass is 263 g/mol. The molecule has 0 saturated carbocycles. The van der Waals surface area contributed by atoms with Gasteiger partial charge in [0.25, 0.3) is 0 Å². The van der Waals surface area contributed by atoms with Crippen LogP contribution in [0.5, 0.6) is 0 Å². The van der Waals surface area contributed by atoms with Crippen molar-refractivity contribution in [3.05, 3.63) is 18.2 Å². The molecule has 19 heavy (non-hydrogen) atoms. The van der Waals surface area contributed by atoms with Crippen molar-refractivity contribution < 1.29 is 0 Å². The van der Waals surface area contributed by atoms with Crippen molar-refractivity contribution in [1.29, 1.82) is 0 Å². The molecule has 2 fully saturated rings. The van der Waals surface area contributed by atoms with Gasteiger partial charge in [0.15, 0.2) is 0 Å². The first-order chi connectivity index (χ1) is 9.23. The Morgan fingerprint density at radius 1 is 1.26 bits per heavy atom. The Morgan fingerprint density at radius 2 is 2.05 bits per heavy atom. The molecule has 2 aliphatic heterocycles. The molecule has 1 aromatic rings. The number of piperazine rings is 1. The topological polar surface area (TPSA) is 47.2 Å². The van der Waals surface area contributed by atoms with E-state index in [4.69, 9.17) is 0 Å². The molecule has 5 heteroatoms. The summed E-state index contributed by atoms with van der Waals surface area (Å²) in [5.74, 6) is 1.08. The number of H-pyrrole nitrogens is 1. The highest BCUT2D eigenvalue weighted by atomic mass is 15.3. The summed E-state index contributed by atoms with van der Waals surface area (Å²) in [7, 11) is 0. The molecule has 0 radical (unpaired) electrons. The molecule has 0 aromatic carbocycles. The Labute approximate surface area is 115 Å². The van der Waals surface area contributed by atoms with Crippen LogP contribution in [0.4, 0.5) is 0 Å². The zero-order valence-corrected chi connectivity index (χ0v) is 11.9. The standard InChI is InChI=1S/C14H25N5/c1-14(2-3-15-11-14)12-19-8-6-18(7-9-19)10-13-16-4-5-17-13/h4-5,15H,2-3,6-12H2,1H3,(H,16,17). The number of nitrogens with zero attached hydrogens (tertiary/aromatic N) is 3. The van der Waals surface area contributed by atoms with Crippen molar-refractivity contribution in [2.45, 2.75) is 19.9 Å². The zero-order chi connectivity index (χ0) is 13.1. The molecule has 5 nitrogen and oxygen atoms in total. The summed E-state index contributed by atoms with van der Waals surface area (Å²) in [6.07, 6.45) is 5.05. The van der Waals surface area contributed by atoms with E-state index < -0.39 is 0 Å². The van der Waals surface area contributed by atoms with E-state index in [9.17, 15) is 0 Å². The van der Waals surface area contributed by atoms with Crippen LogP contribution in [0.3, 0.4) is 0 Å². The molecular weight excluding hydrogens is 238 g/mol. The number of hydrogen-bond donors (Lipinski definition) is 2. The summed E-state index contributed by atoms with van der Waals surface area (Å²) in [5, 5.41) is 3.49. The van der Waals surface area contributed by atoms with Crippen LogP contribution in [0.25, 0.3) is 0 Å². The number of aromatic nitrogens is 2. The van der Waals surface area contributed by atoms with Gasteiger partial charge in [-0.2, -0.15) is 0 Å². The lowest BCUT2D eigenvalue weighted by Crippen LogP contribution is -2.49. The molecule has 2 saturated heterocycles. The minimum absolute atomic E-state index is 0.489. The second-order valence-corrected chi connectivity index (χ2v) is 6.33. The molecule has 0 amide bonds. The molecule has 0 aliphatic carbocycles. The van der Waals surface area contributed by atoms with Gasteiger partial charge >= 0.3 is 0 Å². The first-order valence-corrected chi connectivity index (χ1v) is 7.37. The molecule has 2 N–H and O–H groups in total. The van der Waals surface area contributed by atoms with Gasteiger partial charge < -0.3 is 15.2 Å². The fraction of sp³-hybridized carbons (Fsp3) is 0.786. The van der Waals surface area contributed by atoms with Crippen molar-refractivity contribution >= 4 is 0 Å². The zero-order valence-electron chi connectivity index (χ0n) is 11.9. The number of nitrogens with one attached hydrogen (secondary N) is 2. The normalized spacial score (nSPS) is 29.9. The third-order valence-corrected chi connectivity index (χ3v) is 4.46. The van der Waals surface area contributed by atoms with Crippen LogP contribution in [0.15, 0.2) is 12.4 Å². The Balaban J connectivity index is 1.44. The van der Waals surface area contributed by atoms with Gasteiger partial charge in [-0.05, 0) is 18.4 Å². The van der Waals surface area contributed by atoms with E-state index in [1.165, 1.54) is 39.1 Å². The van der Waals surface area contributed by atoms with Crippen molar-refractivity contribution in [3.8, 4) is 0 Å². The van der Waals surface area contributed by atoms with Gasteiger partial charge in [0.05, 0.1) is 6.54 Å². The van der Waals surface area contributed by atoms with E-state index in [0.717, 1.165) is 25.5 Å². The van der Waals surface area contributed by atoms with Crippen LogP contribution < -0.4 is 5.32 Å². The fourth-order valence-corrected chi connectivity index (χ4v) is 3.25. The maximum absolute atomic E-state index is 4.30. The molecule has 2 aliphatic rings. The lowest BCUT2D eigenvalue weighted by Gasteiger charge is -2.38. The number of imidazole rings is 1. The highest BCUT2D eigenvalue weighted by molar-refractivity contribution is 4.90. The Hall–Kier alpha value is -0.910. The lowest BCUT2D eigenvalue weighted by atomic mass is 9.89. The quantitative estimate of drug-likeness (QED) is 0.832. The SMILES string of the molecule is CC1(CN2CCN(Cc3ncc[nH]3)CC2)CCNC1. The molecule has 1 unspecified atom stereocenters. The van der Waals surface area contributed by atoms with Crippen molar-refractivity contribution in [1.82, 2.24) is 25.1 Å². The summed E-state index contributed by atoms with van der Waals surface area (Å²) < 4.78 is 0. The molecule has 3 heterocycles. The predicted molar refractivity (Wildman–Crippen MR) is 75.9 cm³/mol. The summed E-state index contributed by atoms with van der Waals surface area (Å²) in [5.41, 5.74) is 0.489. The molecule has 0 spiro atoms. The number of rotatable bonds is 4. The first-order valence-electron chi connectivity index (χ1n) is 7.37. The molecule has 1 aromatic heterocycles. The molecule has 1 atom stereocenters. The van der Waals surface area contributed by atoms with E-state index in [-0.39, 0.29) is 0 Å². The maximum atomic E-state index is 4.30. The smallest absolute Gasteiger partial charge is 0.120 e. The molecule has 106 valence electrons. The highest BCUT2D eigenvalue weighted by Gasteiger charge is 2.31. The van der Waals surface area contributed by atoms with Crippen molar-refractivity contribution in [3.63, 3.8) is 0 Å². The van der Waals surface area contributed by atoms with Crippen LogP contribution >= 0.6 is 0 Å². The Bertz CT molecular complexity index is 375. The average Bonchev–Trinajstić information content (AvgIpc) is 3.04. The predicted octanol–water partition coefficient (Wildman–Crippen LogP) is 0.527. The molecular formula is C14H25N5. The van der Waals surface area contributed by atoms with E-state index in [1.807, 2.05) is 12.4 Å². The molecule has 3 rings (SSSR count). The average molecular weight is 263 g/mol. The minimum Gasteiger partial charge on any atom is -0.348 e. The Kier molecular flexibility index (Phi) is 3.86.